The van der Waals surface area contributed by atoms with E-state index < -0.39 is 0 Å². The van der Waals surface area contributed by atoms with Crippen LogP contribution < -0.4 is 5.46 Å². The van der Waals surface area contributed by atoms with E-state index in [1.54, 1.807) is 13.0 Å². The molecule has 0 amide bonds. The Morgan fingerprint density at radius 3 is 2.67 bits per heavy atom. The fourth-order valence-electron chi connectivity index (χ4n) is 1.23. The zero-order chi connectivity index (χ0) is 9.14. The highest BCUT2D eigenvalue weighted by atomic mass is 16.1. The maximum atomic E-state index is 11.1. The van der Waals surface area contributed by atoms with E-state index in [1.807, 2.05) is 19.1 Å². The number of carbonyl (C=O) groups is 1. The third kappa shape index (κ3) is 1.76. The van der Waals surface area contributed by atoms with Crippen LogP contribution in [0.4, 0.5) is 0 Å². The van der Waals surface area contributed by atoms with Crippen molar-refractivity contribution >= 4 is 19.1 Å². The van der Waals surface area contributed by atoms with E-state index in [1.165, 1.54) is 0 Å². The molecular weight excluding hydrogens is 147 g/mol. The second-order valence-electron chi connectivity index (χ2n) is 2.83. The topological polar surface area (TPSA) is 17.1 Å². The lowest BCUT2D eigenvalue weighted by atomic mass is 9.90. The summed E-state index contributed by atoms with van der Waals surface area (Å²) < 4.78 is 0. The Hall–Kier alpha value is -1.05. The highest BCUT2D eigenvalue weighted by Crippen LogP contribution is 2.08. The number of aryl methyl sites for hydroxylation is 1. The van der Waals surface area contributed by atoms with Gasteiger partial charge in [-0.3, -0.25) is 4.79 Å². The lowest BCUT2D eigenvalue weighted by molar-refractivity contribution is 0.101. The van der Waals surface area contributed by atoms with E-state index in [0.717, 1.165) is 17.5 Å². The fourth-order valence-corrected chi connectivity index (χ4v) is 1.23. The van der Waals surface area contributed by atoms with Crippen LogP contribution in [-0.4, -0.2) is 13.6 Å². The van der Waals surface area contributed by atoms with Crippen molar-refractivity contribution in [3.05, 3.63) is 29.3 Å². The van der Waals surface area contributed by atoms with E-state index in [2.05, 4.69) is 0 Å². The van der Waals surface area contributed by atoms with Crippen LogP contribution in [0.1, 0.15) is 29.8 Å². The van der Waals surface area contributed by atoms with Crippen molar-refractivity contribution in [1.82, 2.24) is 0 Å². The maximum Gasteiger partial charge on any atom is 0.160 e. The molecule has 0 aliphatic heterocycles. The van der Waals surface area contributed by atoms with E-state index in [4.69, 9.17) is 7.85 Å². The first-order valence-electron chi connectivity index (χ1n) is 4.04. The van der Waals surface area contributed by atoms with E-state index in [9.17, 15) is 4.79 Å². The Morgan fingerprint density at radius 1 is 1.50 bits per heavy atom. The molecule has 0 aliphatic carbocycles. The third-order valence-corrected chi connectivity index (χ3v) is 1.89. The number of hydrogen-bond acceptors (Lipinski definition) is 1. The van der Waals surface area contributed by atoms with Crippen LogP contribution in [0.3, 0.4) is 0 Å². The smallest absolute Gasteiger partial charge is 0.160 e. The number of ketones is 1. The summed E-state index contributed by atoms with van der Waals surface area (Å²) in [6, 6.07) is 5.47. The summed E-state index contributed by atoms with van der Waals surface area (Å²) in [7, 11) is 5.57. The molecule has 0 atom stereocenters. The van der Waals surface area contributed by atoms with Crippen molar-refractivity contribution in [3.8, 4) is 0 Å². The standard InChI is InChI=1S/C10H11BO/c1-3-8-4-5-9(11)6-10(8)7(2)12/h4-6H,3H2,1-2H3. The summed E-state index contributed by atoms with van der Waals surface area (Å²) in [5.41, 5.74) is 2.46. The number of carbonyl (C=O) groups excluding carboxylic acids is 1. The fraction of sp³-hybridized carbons (Fsp3) is 0.300. The van der Waals surface area contributed by atoms with Gasteiger partial charge in [-0.25, -0.2) is 0 Å². The summed E-state index contributed by atoms with van der Waals surface area (Å²) in [4.78, 5) is 11.1. The third-order valence-electron chi connectivity index (χ3n) is 1.89. The molecular formula is C10H11BO. The molecule has 0 spiro atoms. The molecule has 1 rings (SSSR count). The molecule has 2 heteroatoms. The van der Waals surface area contributed by atoms with Gasteiger partial charge in [0.15, 0.2) is 5.78 Å². The first-order chi connectivity index (χ1) is 5.65. The van der Waals surface area contributed by atoms with E-state index in [0.29, 0.717) is 5.46 Å². The lowest BCUT2D eigenvalue weighted by Gasteiger charge is -2.04. The summed E-state index contributed by atoms with van der Waals surface area (Å²) >= 11 is 0. The zero-order valence-electron chi connectivity index (χ0n) is 7.42. The predicted molar refractivity (Wildman–Crippen MR) is 51.2 cm³/mol. The highest BCUT2D eigenvalue weighted by Gasteiger charge is 2.04. The molecule has 0 fully saturated rings. The first kappa shape index (κ1) is 9.05. The maximum absolute atomic E-state index is 11.1. The van der Waals surface area contributed by atoms with Gasteiger partial charge in [-0.2, -0.15) is 0 Å². The summed E-state index contributed by atoms with van der Waals surface area (Å²) in [6.07, 6.45) is 0.870. The Morgan fingerprint density at radius 2 is 2.17 bits per heavy atom. The van der Waals surface area contributed by atoms with Crippen molar-refractivity contribution in [3.63, 3.8) is 0 Å². The minimum atomic E-state index is 0.0825. The summed E-state index contributed by atoms with van der Waals surface area (Å²) in [5.74, 6) is 0.0825. The second-order valence-corrected chi connectivity index (χ2v) is 2.83. The molecule has 1 nitrogen and oxygen atoms in total. The van der Waals surface area contributed by atoms with Gasteiger partial charge in [0, 0.05) is 5.56 Å². The Balaban J connectivity index is 3.21. The van der Waals surface area contributed by atoms with Gasteiger partial charge >= 0.3 is 0 Å². The molecule has 0 saturated carbocycles. The summed E-state index contributed by atoms with van der Waals surface area (Å²) in [5, 5.41) is 0. The average molecular weight is 158 g/mol. The van der Waals surface area contributed by atoms with Gasteiger partial charge in [0.1, 0.15) is 7.85 Å². The normalized spacial score (nSPS) is 9.83. The monoisotopic (exact) mass is 158 g/mol. The Bertz CT molecular complexity index is 305. The molecule has 0 heterocycles. The minimum Gasteiger partial charge on any atom is -0.295 e. The largest absolute Gasteiger partial charge is 0.295 e. The van der Waals surface area contributed by atoms with Crippen LogP contribution >= 0.6 is 0 Å². The minimum absolute atomic E-state index is 0.0825. The molecule has 1 aromatic rings. The van der Waals surface area contributed by atoms with Crippen LogP contribution in [0.15, 0.2) is 18.2 Å². The molecule has 1 aromatic carbocycles. The van der Waals surface area contributed by atoms with Gasteiger partial charge in [-0.1, -0.05) is 30.6 Å². The molecule has 2 radical (unpaired) electrons. The molecule has 0 saturated heterocycles. The molecule has 0 unspecified atom stereocenters. The number of rotatable bonds is 2. The van der Waals surface area contributed by atoms with Crippen LogP contribution in [0.5, 0.6) is 0 Å². The number of Topliss-reactive ketones (excluding diaryl/α,β-unsaturated/α-hetero) is 1. The van der Waals surface area contributed by atoms with Gasteiger partial charge in [0.25, 0.3) is 0 Å². The van der Waals surface area contributed by atoms with Crippen LogP contribution in [0.2, 0.25) is 0 Å². The van der Waals surface area contributed by atoms with Crippen molar-refractivity contribution in [2.45, 2.75) is 20.3 Å². The predicted octanol–water partition coefficient (Wildman–Crippen LogP) is 1.25. The second kappa shape index (κ2) is 3.57. The van der Waals surface area contributed by atoms with Gasteiger partial charge in [0.2, 0.25) is 0 Å². The zero-order valence-corrected chi connectivity index (χ0v) is 7.42. The van der Waals surface area contributed by atoms with E-state index >= 15 is 0 Å². The van der Waals surface area contributed by atoms with Crippen molar-refractivity contribution < 1.29 is 4.79 Å². The van der Waals surface area contributed by atoms with Gasteiger partial charge in [0.05, 0.1) is 0 Å². The lowest BCUT2D eigenvalue weighted by Crippen LogP contribution is -2.08. The molecule has 0 bridgehead atoms. The quantitative estimate of drug-likeness (QED) is 0.467. The van der Waals surface area contributed by atoms with Crippen molar-refractivity contribution in [1.29, 1.82) is 0 Å². The molecule has 60 valence electrons. The Kier molecular flexibility index (Phi) is 2.69. The summed E-state index contributed by atoms with van der Waals surface area (Å²) in [6.45, 7) is 3.59. The molecule has 0 N–H and O–H groups in total. The van der Waals surface area contributed by atoms with Crippen LogP contribution in [0, 0.1) is 0 Å². The van der Waals surface area contributed by atoms with Crippen molar-refractivity contribution in [2.24, 2.45) is 0 Å². The van der Waals surface area contributed by atoms with Crippen molar-refractivity contribution in [2.75, 3.05) is 0 Å². The van der Waals surface area contributed by atoms with Gasteiger partial charge < -0.3 is 0 Å². The van der Waals surface area contributed by atoms with Crippen LogP contribution in [-0.2, 0) is 6.42 Å². The van der Waals surface area contributed by atoms with Gasteiger partial charge in [-0.15, -0.1) is 0 Å². The number of benzene rings is 1. The molecule has 0 aromatic heterocycles. The molecule has 0 aliphatic rings. The van der Waals surface area contributed by atoms with Gasteiger partial charge in [-0.05, 0) is 18.9 Å². The van der Waals surface area contributed by atoms with E-state index in [-0.39, 0.29) is 5.78 Å². The number of hydrogen-bond donors (Lipinski definition) is 0. The first-order valence-corrected chi connectivity index (χ1v) is 4.04. The van der Waals surface area contributed by atoms with Crippen LogP contribution in [0.25, 0.3) is 0 Å². The molecule has 12 heavy (non-hydrogen) atoms. The SMILES string of the molecule is [B]c1ccc(CC)c(C(C)=O)c1. The average Bonchev–Trinajstić information content (AvgIpc) is 2.04. The Labute approximate surface area is 74.2 Å². The highest BCUT2D eigenvalue weighted by molar-refractivity contribution is 6.32.